The highest BCUT2D eigenvalue weighted by molar-refractivity contribution is 7.12. The average Bonchev–Trinajstić information content (AvgIpc) is 3.18. The van der Waals surface area contributed by atoms with Crippen LogP contribution in [-0.4, -0.2) is 10.8 Å². The molecule has 0 fully saturated rings. The van der Waals surface area contributed by atoms with Gasteiger partial charge in [0, 0.05) is 5.56 Å². The molecule has 0 aliphatic heterocycles. The number of nitrogens with zero attached hydrogens (tertiary/aromatic N) is 2. The first kappa shape index (κ1) is 14.3. The molecule has 0 aliphatic carbocycles. The van der Waals surface area contributed by atoms with Crippen LogP contribution < -0.4 is 5.73 Å². The van der Waals surface area contributed by atoms with Crippen LogP contribution in [0.3, 0.4) is 0 Å². The predicted molar refractivity (Wildman–Crippen MR) is 86.5 cm³/mol. The molecule has 1 aromatic carbocycles. The highest BCUT2D eigenvalue weighted by atomic mass is 32.1. The van der Waals surface area contributed by atoms with E-state index >= 15 is 0 Å². The topological polar surface area (TPSA) is 73.6 Å². The van der Waals surface area contributed by atoms with Gasteiger partial charge in [-0.15, -0.1) is 11.3 Å². The number of oxime groups is 1. The number of aromatic nitrogens is 1. The Labute approximate surface area is 132 Å². The SMILES string of the molecule is Cc1oc(-c2ccccc2)nc1CO/N=C(/N)c1cccs1. The van der Waals surface area contributed by atoms with Crippen molar-refractivity contribution in [2.75, 3.05) is 0 Å². The summed E-state index contributed by atoms with van der Waals surface area (Å²) < 4.78 is 5.66. The van der Waals surface area contributed by atoms with Gasteiger partial charge in [0.05, 0.1) is 4.88 Å². The van der Waals surface area contributed by atoms with Crippen molar-refractivity contribution in [2.45, 2.75) is 13.5 Å². The Morgan fingerprint density at radius 2 is 2.09 bits per heavy atom. The first-order valence-corrected chi connectivity index (χ1v) is 7.63. The zero-order valence-electron chi connectivity index (χ0n) is 12.0. The lowest BCUT2D eigenvalue weighted by Crippen LogP contribution is -2.12. The maximum absolute atomic E-state index is 5.83. The molecular weight excluding hydrogens is 298 g/mol. The summed E-state index contributed by atoms with van der Waals surface area (Å²) in [6.07, 6.45) is 0. The molecule has 0 unspecified atom stereocenters. The summed E-state index contributed by atoms with van der Waals surface area (Å²) in [5.41, 5.74) is 7.47. The van der Waals surface area contributed by atoms with E-state index in [4.69, 9.17) is 15.0 Å². The molecule has 0 radical (unpaired) electrons. The molecule has 2 aromatic heterocycles. The van der Waals surface area contributed by atoms with Gasteiger partial charge >= 0.3 is 0 Å². The summed E-state index contributed by atoms with van der Waals surface area (Å²) in [6.45, 7) is 2.07. The van der Waals surface area contributed by atoms with Crippen LogP contribution in [0.1, 0.15) is 16.3 Å². The predicted octanol–water partition coefficient (Wildman–Crippen LogP) is 3.55. The Balaban J connectivity index is 1.69. The normalized spacial score (nSPS) is 11.6. The van der Waals surface area contributed by atoms with Crippen LogP contribution in [0.4, 0.5) is 0 Å². The van der Waals surface area contributed by atoms with E-state index in [0.717, 1.165) is 10.4 Å². The summed E-state index contributed by atoms with van der Waals surface area (Å²) in [5.74, 6) is 1.65. The van der Waals surface area contributed by atoms with Crippen molar-refractivity contribution in [1.82, 2.24) is 4.98 Å². The van der Waals surface area contributed by atoms with Gasteiger partial charge in [-0.25, -0.2) is 4.98 Å². The van der Waals surface area contributed by atoms with E-state index in [2.05, 4.69) is 10.1 Å². The first-order valence-electron chi connectivity index (χ1n) is 6.75. The molecule has 3 aromatic rings. The smallest absolute Gasteiger partial charge is 0.226 e. The quantitative estimate of drug-likeness (QED) is 0.444. The van der Waals surface area contributed by atoms with Crippen LogP contribution in [0.2, 0.25) is 0 Å². The number of nitrogens with two attached hydrogens (primary N) is 1. The molecule has 3 rings (SSSR count). The van der Waals surface area contributed by atoms with Gasteiger partial charge in [0.2, 0.25) is 5.89 Å². The fraction of sp³-hybridized carbons (Fsp3) is 0.125. The van der Waals surface area contributed by atoms with Crippen LogP contribution in [0, 0.1) is 6.92 Å². The number of thiophene rings is 1. The molecule has 22 heavy (non-hydrogen) atoms. The molecule has 112 valence electrons. The Morgan fingerprint density at radius 1 is 1.27 bits per heavy atom. The van der Waals surface area contributed by atoms with Crippen molar-refractivity contribution in [2.24, 2.45) is 10.9 Å². The van der Waals surface area contributed by atoms with E-state index in [1.165, 1.54) is 11.3 Å². The van der Waals surface area contributed by atoms with Crippen molar-refractivity contribution >= 4 is 17.2 Å². The molecular formula is C16H15N3O2S. The van der Waals surface area contributed by atoms with Crippen LogP contribution >= 0.6 is 11.3 Å². The lowest BCUT2D eigenvalue weighted by molar-refractivity contribution is 0.127. The molecule has 0 saturated carbocycles. The molecule has 0 saturated heterocycles. The third-order valence-electron chi connectivity index (χ3n) is 3.05. The van der Waals surface area contributed by atoms with Gasteiger partial charge in [0.1, 0.15) is 11.5 Å². The van der Waals surface area contributed by atoms with Gasteiger partial charge in [-0.3, -0.25) is 0 Å². The summed E-state index contributed by atoms with van der Waals surface area (Å²) in [4.78, 5) is 10.6. The largest absolute Gasteiger partial charge is 0.441 e. The van der Waals surface area contributed by atoms with Crippen molar-refractivity contribution in [3.63, 3.8) is 0 Å². The molecule has 5 nitrogen and oxygen atoms in total. The Morgan fingerprint density at radius 3 is 2.82 bits per heavy atom. The minimum Gasteiger partial charge on any atom is -0.441 e. The van der Waals surface area contributed by atoms with Crippen LogP contribution in [0.15, 0.2) is 57.4 Å². The fourth-order valence-corrected chi connectivity index (χ4v) is 2.52. The molecule has 6 heteroatoms. The zero-order chi connectivity index (χ0) is 15.4. The van der Waals surface area contributed by atoms with Gasteiger partial charge in [-0.05, 0) is 30.5 Å². The highest BCUT2D eigenvalue weighted by Gasteiger charge is 2.11. The zero-order valence-corrected chi connectivity index (χ0v) is 12.8. The minimum absolute atomic E-state index is 0.217. The summed E-state index contributed by atoms with van der Waals surface area (Å²) in [5, 5.41) is 5.84. The molecule has 0 aliphatic rings. The first-order chi connectivity index (χ1) is 10.7. The summed E-state index contributed by atoms with van der Waals surface area (Å²) >= 11 is 1.51. The molecule has 0 bridgehead atoms. The van der Waals surface area contributed by atoms with Crippen LogP contribution in [0.25, 0.3) is 11.5 Å². The minimum atomic E-state index is 0.217. The number of rotatable bonds is 5. The van der Waals surface area contributed by atoms with Crippen molar-refractivity contribution in [1.29, 1.82) is 0 Å². The average molecular weight is 313 g/mol. The number of oxazole rings is 1. The second kappa shape index (κ2) is 6.44. The molecule has 0 atom stereocenters. The van der Waals surface area contributed by atoms with E-state index < -0.39 is 0 Å². The maximum Gasteiger partial charge on any atom is 0.226 e. The van der Waals surface area contributed by atoms with Gasteiger partial charge in [0.15, 0.2) is 12.4 Å². The number of amidine groups is 1. The second-order valence-corrected chi connectivity index (χ2v) is 5.56. The summed E-state index contributed by atoms with van der Waals surface area (Å²) in [7, 11) is 0. The number of hydrogen-bond donors (Lipinski definition) is 1. The fourth-order valence-electron chi connectivity index (χ4n) is 1.90. The Bertz CT molecular complexity index is 764. The number of hydrogen-bond acceptors (Lipinski definition) is 5. The van der Waals surface area contributed by atoms with Gasteiger partial charge in [0.25, 0.3) is 0 Å². The van der Waals surface area contributed by atoms with E-state index in [-0.39, 0.29) is 6.61 Å². The third kappa shape index (κ3) is 3.17. The van der Waals surface area contributed by atoms with Crippen molar-refractivity contribution in [3.05, 3.63) is 64.2 Å². The van der Waals surface area contributed by atoms with E-state index in [1.807, 2.05) is 54.8 Å². The van der Waals surface area contributed by atoms with Gasteiger partial charge < -0.3 is 15.0 Å². The summed E-state index contributed by atoms with van der Waals surface area (Å²) in [6, 6.07) is 13.5. The van der Waals surface area contributed by atoms with E-state index in [1.54, 1.807) is 0 Å². The van der Waals surface area contributed by atoms with Crippen molar-refractivity contribution in [3.8, 4) is 11.5 Å². The monoisotopic (exact) mass is 313 g/mol. The molecule has 2 N–H and O–H groups in total. The highest BCUT2D eigenvalue weighted by Crippen LogP contribution is 2.21. The van der Waals surface area contributed by atoms with Gasteiger partial charge in [-0.2, -0.15) is 0 Å². The number of aryl methyl sites for hydroxylation is 1. The van der Waals surface area contributed by atoms with Crippen LogP contribution in [-0.2, 0) is 11.4 Å². The number of benzene rings is 1. The van der Waals surface area contributed by atoms with Gasteiger partial charge in [-0.1, -0.05) is 29.4 Å². The Hall–Kier alpha value is -2.60. The van der Waals surface area contributed by atoms with Crippen LogP contribution in [0.5, 0.6) is 0 Å². The maximum atomic E-state index is 5.83. The Kier molecular flexibility index (Phi) is 4.20. The van der Waals surface area contributed by atoms with E-state index in [0.29, 0.717) is 23.2 Å². The second-order valence-electron chi connectivity index (χ2n) is 4.62. The molecule has 2 heterocycles. The standard InChI is InChI=1S/C16H15N3O2S/c1-11-13(10-20-19-15(17)14-8-5-9-22-14)18-16(21-11)12-6-3-2-4-7-12/h2-9H,10H2,1H3,(H2,17,19). The third-order valence-corrected chi connectivity index (χ3v) is 3.94. The van der Waals surface area contributed by atoms with Crippen molar-refractivity contribution < 1.29 is 9.25 Å². The molecule has 0 amide bonds. The van der Waals surface area contributed by atoms with E-state index in [9.17, 15) is 0 Å². The lowest BCUT2D eigenvalue weighted by Gasteiger charge is -1.98. The lowest BCUT2D eigenvalue weighted by atomic mass is 10.2. The molecule has 0 spiro atoms.